The van der Waals surface area contributed by atoms with Crippen molar-refractivity contribution in [2.75, 3.05) is 14.1 Å². The third-order valence-electron chi connectivity index (χ3n) is 4.18. The van der Waals surface area contributed by atoms with Crippen LogP contribution in [0.5, 0.6) is 0 Å². The van der Waals surface area contributed by atoms with Crippen molar-refractivity contribution < 1.29 is 17.6 Å². The number of furan rings is 1. The highest BCUT2D eigenvalue weighted by atomic mass is 35.5. The summed E-state index contributed by atoms with van der Waals surface area (Å²) in [5, 5.41) is 3.90. The lowest BCUT2D eigenvalue weighted by Gasteiger charge is -2.15. The van der Waals surface area contributed by atoms with E-state index in [9.17, 15) is 13.2 Å². The van der Waals surface area contributed by atoms with E-state index in [-0.39, 0.29) is 15.5 Å². The molecule has 8 heteroatoms. The van der Waals surface area contributed by atoms with Crippen LogP contribution in [0.4, 0.5) is 0 Å². The summed E-state index contributed by atoms with van der Waals surface area (Å²) in [6, 6.07) is 13.0. The molecule has 0 bridgehead atoms. The van der Waals surface area contributed by atoms with E-state index in [4.69, 9.17) is 16.0 Å². The quantitative estimate of drug-likeness (QED) is 0.698. The van der Waals surface area contributed by atoms with Crippen LogP contribution >= 0.6 is 11.6 Å². The van der Waals surface area contributed by atoms with Crippen LogP contribution in [-0.2, 0) is 10.0 Å². The largest absolute Gasteiger partial charge is 0.459 e. The SMILES string of the molecule is CC(NC(=O)c1cc(S(=O)(=O)N(C)C)ccc1Cl)c1cc2ccccc2o1. The van der Waals surface area contributed by atoms with Crippen LogP contribution in [0.3, 0.4) is 0 Å². The minimum atomic E-state index is -3.67. The van der Waals surface area contributed by atoms with Crippen LogP contribution in [0, 0.1) is 0 Å². The number of rotatable bonds is 5. The van der Waals surface area contributed by atoms with Crippen LogP contribution in [0.2, 0.25) is 5.02 Å². The highest BCUT2D eigenvalue weighted by Crippen LogP contribution is 2.26. The molecule has 0 aliphatic heterocycles. The van der Waals surface area contributed by atoms with E-state index in [2.05, 4.69) is 5.32 Å². The van der Waals surface area contributed by atoms with Gasteiger partial charge in [-0.15, -0.1) is 0 Å². The predicted octanol–water partition coefficient (Wildman–Crippen LogP) is 3.83. The first-order valence-electron chi connectivity index (χ1n) is 8.21. The van der Waals surface area contributed by atoms with Crippen molar-refractivity contribution in [3.63, 3.8) is 0 Å². The fourth-order valence-corrected chi connectivity index (χ4v) is 3.74. The van der Waals surface area contributed by atoms with Crippen molar-refractivity contribution in [1.29, 1.82) is 0 Å². The van der Waals surface area contributed by atoms with E-state index < -0.39 is 22.0 Å². The molecule has 1 atom stereocenters. The number of nitrogens with zero attached hydrogens (tertiary/aromatic N) is 1. The summed E-state index contributed by atoms with van der Waals surface area (Å²) in [5.41, 5.74) is 0.813. The third-order valence-corrected chi connectivity index (χ3v) is 6.32. The number of para-hydroxylation sites is 1. The van der Waals surface area contributed by atoms with Gasteiger partial charge in [0.25, 0.3) is 5.91 Å². The van der Waals surface area contributed by atoms with Gasteiger partial charge in [0.05, 0.1) is 21.5 Å². The Kier molecular flexibility index (Phi) is 5.28. The maximum absolute atomic E-state index is 12.7. The Labute approximate surface area is 162 Å². The van der Waals surface area contributed by atoms with Gasteiger partial charge < -0.3 is 9.73 Å². The number of carbonyl (C=O) groups excluding carboxylic acids is 1. The minimum Gasteiger partial charge on any atom is -0.459 e. The number of benzene rings is 2. The van der Waals surface area contributed by atoms with E-state index in [0.717, 1.165) is 15.3 Å². The van der Waals surface area contributed by atoms with Crippen molar-refractivity contribution in [2.45, 2.75) is 17.9 Å². The number of amides is 1. The van der Waals surface area contributed by atoms with E-state index >= 15 is 0 Å². The van der Waals surface area contributed by atoms with Gasteiger partial charge in [0.15, 0.2) is 0 Å². The Hall–Kier alpha value is -2.35. The maximum atomic E-state index is 12.7. The number of sulfonamides is 1. The second kappa shape index (κ2) is 7.34. The smallest absolute Gasteiger partial charge is 0.253 e. The molecule has 1 unspecified atom stereocenters. The average Bonchev–Trinajstić information content (AvgIpc) is 3.06. The topological polar surface area (TPSA) is 79.6 Å². The molecule has 1 heterocycles. The van der Waals surface area contributed by atoms with Crippen molar-refractivity contribution in [2.24, 2.45) is 0 Å². The summed E-state index contributed by atoms with van der Waals surface area (Å²) in [7, 11) is -0.824. The van der Waals surface area contributed by atoms with Crippen LogP contribution in [0.1, 0.15) is 29.1 Å². The molecule has 142 valence electrons. The summed E-state index contributed by atoms with van der Waals surface area (Å²) in [6.07, 6.45) is 0. The van der Waals surface area contributed by atoms with Crippen LogP contribution in [-0.4, -0.2) is 32.7 Å². The zero-order chi connectivity index (χ0) is 19.8. The number of halogens is 1. The highest BCUT2D eigenvalue weighted by molar-refractivity contribution is 7.89. The fraction of sp³-hybridized carbons (Fsp3) is 0.211. The maximum Gasteiger partial charge on any atom is 0.253 e. The van der Waals surface area contributed by atoms with E-state index in [1.807, 2.05) is 30.3 Å². The van der Waals surface area contributed by atoms with Gasteiger partial charge in [-0.2, -0.15) is 0 Å². The molecule has 2 aromatic carbocycles. The van der Waals surface area contributed by atoms with E-state index in [1.54, 1.807) is 6.92 Å². The molecule has 27 heavy (non-hydrogen) atoms. The molecular formula is C19H19ClN2O4S. The zero-order valence-corrected chi connectivity index (χ0v) is 16.6. The summed E-state index contributed by atoms with van der Waals surface area (Å²) in [6.45, 7) is 1.78. The van der Waals surface area contributed by atoms with Gasteiger partial charge in [-0.1, -0.05) is 29.8 Å². The molecule has 3 rings (SSSR count). The van der Waals surface area contributed by atoms with Crippen LogP contribution in [0.15, 0.2) is 57.8 Å². The molecule has 0 aliphatic rings. The first-order valence-corrected chi connectivity index (χ1v) is 10.0. The lowest BCUT2D eigenvalue weighted by Crippen LogP contribution is -2.27. The van der Waals surface area contributed by atoms with Crippen molar-refractivity contribution >= 4 is 38.5 Å². The zero-order valence-electron chi connectivity index (χ0n) is 15.1. The Morgan fingerprint density at radius 1 is 1.15 bits per heavy atom. The number of fused-ring (bicyclic) bond motifs is 1. The summed E-state index contributed by atoms with van der Waals surface area (Å²) in [5.74, 6) is 0.113. The molecule has 0 spiro atoms. The molecule has 3 aromatic rings. The Bertz CT molecular complexity index is 1070. The van der Waals surface area contributed by atoms with Gasteiger partial charge in [0.2, 0.25) is 10.0 Å². The Morgan fingerprint density at radius 2 is 1.85 bits per heavy atom. The lowest BCUT2D eigenvalue weighted by atomic mass is 10.1. The molecule has 1 aromatic heterocycles. The molecule has 0 saturated carbocycles. The third kappa shape index (κ3) is 3.85. The van der Waals surface area contributed by atoms with Gasteiger partial charge in [-0.3, -0.25) is 4.79 Å². The summed E-state index contributed by atoms with van der Waals surface area (Å²) >= 11 is 6.12. The Balaban J connectivity index is 1.87. The van der Waals surface area contributed by atoms with Crippen molar-refractivity contribution in [3.8, 4) is 0 Å². The van der Waals surface area contributed by atoms with E-state index in [0.29, 0.717) is 5.76 Å². The highest BCUT2D eigenvalue weighted by Gasteiger charge is 2.22. The van der Waals surface area contributed by atoms with Gasteiger partial charge in [-0.25, -0.2) is 12.7 Å². The van der Waals surface area contributed by atoms with Gasteiger partial charge in [0, 0.05) is 19.5 Å². The molecule has 1 N–H and O–H groups in total. The molecular weight excluding hydrogens is 388 g/mol. The van der Waals surface area contributed by atoms with Gasteiger partial charge >= 0.3 is 0 Å². The number of hydrogen-bond donors (Lipinski definition) is 1. The monoisotopic (exact) mass is 406 g/mol. The average molecular weight is 407 g/mol. The second-order valence-electron chi connectivity index (χ2n) is 6.31. The van der Waals surface area contributed by atoms with Crippen molar-refractivity contribution in [1.82, 2.24) is 9.62 Å². The molecule has 0 aliphatic carbocycles. The molecule has 0 radical (unpaired) electrons. The number of carbonyl (C=O) groups is 1. The van der Waals surface area contributed by atoms with E-state index in [1.165, 1.54) is 32.3 Å². The standard InChI is InChI=1S/C19H19ClN2O4S/c1-12(18-10-13-6-4-5-7-17(13)26-18)21-19(23)15-11-14(8-9-16(15)20)27(24,25)22(2)3/h4-12H,1-3H3,(H,21,23). The molecule has 6 nitrogen and oxygen atoms in total. The molecule has 0 saturated heterocycles. The van der Waals surface area contributed by atoms with Crippen LogP contribution in [0.25, 0.3) is 11.0 Å². The Morgan fingerprint density at radius 3 is 2.52 bits per heavy atom. The second-order valence-corrected chi connectivity index (χ2v) is 8.87. The minimum absolute atomic E-state index is 0.00144. The van der Waals surface area contributed by atoms with Crippen LogP contribution < -0.4 is 5.32 Å². The lowest BCUT2D eigenvalue weighted by molar-refractivity contribution is 0.0935. The molecule has 0 fully saturated rings. The first kappa shape index (κ1) is 19.4. The normalized spacial score (nSPS) is 13.1. The molecule has 1 amide bonds. The van der Waals surface area contributed by atoms with Gasteiger partial charge in [0.1, 0.15) is 11.3 Å². The summed E-state index contributed by atoms with van der Waals surface area (Å²) in [4.78, 5) is 12.7. The van der Waals surface area contributed by atoms with Crippen molar-refractivity contribution in [3.05, 3.63) is 64.9 Å². The van der Waals surface area contributed by atoms with Gasteiger partial charge in [-0.05, 0) is 37.3 Å². The predicted molar refractivity (Wildman–Crippen MR) is 104 cm³/mol. The number of hydrogen-bond acceptors (Lipinski definition) is 4. The fourth-order valence-electron chi connectivity index (χ4n) is 2.61. The number of nitrogens with one attached hydrogen (secondary N) is 1. The first-order chi connectivity index (χ1) is 12.7. The summed E-state index contributed by atoms with van der Waals surface area (Å²) < 4.78 is 31.4.